The topological polar surface area (TPSA) is 59.8 Å². The summed E-state index contributed by atoms with van der Waals surface area (Å²) in [5.74, 6) is -0.255. The number of benzene rings is 2. The van der Waals surface area contributed by atoms with Gasteiger partial charge in [-0.2, -0.15) is 9.90 Å². The number of carbonyl (C=O) groups is 1. The summed E-state index contributed by atoms with van der Waals surface area (Å²) >= 11 is 0. The van der Waals surface area contributed by atoms with Gasteiger partial charge in [0.25, 0.3) is 5.91 Å². The molecule has 0 fully saturated rings. The molecule has 0 bridgehead atoms. The van der Waals surface area contributed by atoms with E-state index in [1.54, 1.807) is 6.92 Å². The largest absolute Gasteiger partial charge is 0.321 e. The Morgan fingerprint density at radius 1 is 0.957 bits per heavy atom. The zero-order valence-electron chi connectivity index (χ0n) is 13.4. The van der Waals surface area contributed by atoms with Gasteiger partial charge in [0.2, 0.25) is 0 Å². The maximum Gasteiger partial charge on any atom is 0.278 e. The smallest absolute Gasteiger partial charge is 0.278 e. The number of nitrogens with one attached hydrogen (secondary N) is 1. The standard InChI is InChI=1S/C18H18N4O/c1-12-9-13(2)11-15(10-12)19-18(23)17-14(3)20-22(21-17)16-7-5-4-6-8-16/h4-11H,1-3H3,(H,19,23). The first-order valence-corrected chi connectivity index (χ1v) is 7.42. The van der Waals surface area contributed by atoms with Gasteiger partial charge in [0.05, 0.1) is 11.4 Å². The summed E-state index contributed by atoms with van der Waals surface area (Å²) in [5, 5.41) is 11.5. The molecule has 0 aliphatic heterocycles. The van der Waals surface area contributed by atoms with Gasteiger partial charge in [0.15, 0.2) is 5.69 Å². The molecule has 1 N–H and O–H groups in total. The van der Waals surface area contributed by atoms with Crippen LogP contribution in [0.4, 0.5) is 5.69 Å². The van der Waals surface area contributed by atoms with Crippen molar-refractivity contribution in [3.63, 3.8) is 0 Å². The van der Waals surface area contributed by atoms with Crippen LogP contribution in [0.1, 0.15) is 27.3 Å². The van der Waals surface area contributed by atoms with Crippen LogP contribution in [0.3, 0.4) is 0 Å². The minimum Gasteiger partial charge on any atom is -0.321 e. The van der Waals surface area contributed by atoms with Crippen LogP contribution in [0.15, 0.2) is 48.5 Å². The number of nitrogens with zero attached hydrogens (tertiary/aromatic N) is 3. The first-order valence-electron chi connectivity index (χ1n) is 7.42. The molecule has 0 aliphatic rings. The van der Waals surface area contributed by atoms with Crippen LogP contribution < -0.4 is 5.32 Å². The molecule has 2 aromatic carbocycles. The Morgan fingerprint density at radius 3 is 2.26 bits per heavy atom. The highest BCUT2D eigenvalue weighted by molar-refractivity contribution is 6.03. The molecule has 0 saturated carbocycles. The number of anilines is 1. The highest BCUT2D eigenvalue weighted by atomic mass is 16.2. The van der Waals surface area contributed by atoms with Crippen molar-refractivity contribution in [3.8, 4) is 5.69 Å². The number of carbonyl (C=O) groups excluding carboxylic acids is 1. The molecule has 3 aromatic rings. The quantitative estimate of drug-likeness (QED) is 0.806. The summed E-state index contributed by atoms with van der Waals surface area (Å²) < 4.78 is 0. The first kappa shape index (κ1) is 15.0. The van der Waals surface area contributed by atoms with Crippen molar-refractivity contribution in [3.05, 3.63) is 71.0 Å². The normalized spacial score (nSPS) is 10.6. The second-order valence-electron chi connectivity index (χ2n) is 5.59. The molecule has 116 valence electrons. The Kier molecular flexibility index (Phi) is 3.93. The van der Waals surface area contributed by atoms with Crippen LogP contribution in [0.5, 0.6) is 0 Å². The van der Waals surface area contributed by atoms with Gasteiger partial charge in [0.1, 0.15) is 0 Å². The van der Waals surface area contributed by atoms with Crippen LogP contribution in [0.25, 0.3) is 5.69 Å². The van der Waals surface area contributed by atoms with E-state index in [-0.39, 0.29) is 5.91 Å². The molecule has 3 rings (SSSR count). The van der Waals surface area contributed by atoms with Crippen LogP contribution in [0.2, 0.25) is 0 Å². The maximum atomic E-state index is 12.5. The van der Waals surface area contributed by atoms with E-state index < -0.39 is 0 Å². The number of aromatic nitrogens is 3. The molecule has 1 aromatic heterocycles. The van der Waals surface area contributed by atoms with Gasteiger partial charge in [-0.05, 0) is 56.2 Å². The van der Waals surface area contributed by atoms with Crippen LogP contribution in [-0.4, -0.2) is 20.9 Å². The molecule has 5 heteroatoms. The van der Waals surface area contributed by atoms with E-state index in [9.17, 15) is 4.79 Å². The predicted octanol–water partition coefficient (Wildman–Crippen LogP) is 3.44. The van der Waals surface area contributed by atoms with E-state index in [1.165, 1.54) is 4.80 Å². The second kappa shape index (κ2) is 6.04. The van der Waals surface area contributed by atoms with E-state index in [0.717, 1.165) is 22.5 Å². The molecule has 0 radical (unpaired) electrons. The van der Waals surface area contributed by atoms with Crippen molar-refractivity contribution >= 4 is 11.6 Å². The number of para-hydroxylation sites is 1. The van der Waals surface area contributed by atoms with Crippen molar-refractivity contribution in [2.75, 3.05) is 5.32 Å². The van der Waals surface area contributed by atoms with Gasteiger partial charge in [-0.1, -0.05) is 24.3 Å². The van der Waals surface area contributed by atoms with E-state index in [2.05, 4.69) is 21.6 Å². The van der Waals surface area contributed by atoms with E-state index >= 15 is 0 Å². The van der Waals surface area contributed by atoms with E-state index in [4.69, 9.17) is 0 Å². The van der Waals surface area contributed by atoms with Gasteiger partial charge in [0, 0.05) is 5.69 Å². The lowest BCUT2D eigenvalue weighted by atomic mass is 10.1. The number of hydrogen-bond donors (Lipinski definition) is 1. The van der Waals surface area contributed by atoms with Crippen molar-refractivity contribution in [1.82, 2.24) is 15.0 Å². The van der Waals surface area contributed by atoms with Gasteiger partial charge in [-0.15, -0.1) is 5.10 Å². The van der Waals surface area contributed by atoms with E-state index in [0.29, 0.717) is 11.4 Å². The lowest BCUT2D eigenvalue weighted by molar-refractivity contribution is 0.102. The van der Waals surface area contributed by atoms with Crippen molar-refractivity contribution in [2.45, 2.75) is 20.8 Å². The molecule has 1 amide bonds. The Bertz CT molecular complexity index is 832. The third kappa shape index (κ3) is 3.29. The maximum absolute atomic E-state index is 12.5. The summed E-state index contributed by atoms with van der Waals surface area (Å²) in [6.45, 7) is 5.78. The van der Waals surface area contributed by atoms with Crippen molar-refractivity contribution in [1.29, 1.82) is 0 Å². The SMILES string of the molecule is Cc1cc(C)cc(NC(=O)c2nn(-c3ccccc3)nc2C)c1. The van der Waals surface area contributed by atoms with Gasteiger partial charge < -0.3 is 5.32 Å². The average Bonchev–Trinajstić information content (AvgIpc) is 2.89. The summed E-state index contributed by atoms with van der Waals surface area (Å²) in [6.07, 6.45) is 0. The summed E-state index contributed by atoms with van der Waals surface area (Å²) in [7, 11) is 0. The highest BCUT2D eigenvalue weighted by Gasteiger charge is 2.16. The second-order valence-corrected chi connectivity index (χ2v) is 5.59. The Morgan fingerprint density at radius 2 is 1.61 bits per heavy atom. The fourth-order valence-electron chi connectivity index (χ4n) is 2.50. The fourth-order valence-corrected chi connectivity index (χ4v) is 2.50. The zero-order valence-corrected chi connectivity index (χ0v) is 13.4. The molecule has 0 unspecified atom stereocenters. The fraction of sp³-hybridized carbons (Fsp3) is 0.167. The number of hydrogen-bond acceptors (Lipinski definition) is 3. The predicted molar refractivity (Wildman–Crippen MR) is 90.0 cm³/mol. The van der Waals surface area contributed by atoms with Gasteiger partial charge >= 0.3 is 0 Å². The molecule has 0 atom stereocenters. The number of amides is 1. The summed E-state index contributed by atoms with van der Waals surface area (Å²) in [6, 6.07) is 15.5. The number of aryl methyl sites for hydroxylation is 3. The molecule has 0 aliphatic carbocycles. The molecule has 0 saturated heterocycles. The molecular formula is C18H18N4O. The van der Waals surface area contributed by atoms with Crippen LogP contribution >= 0.6 is 0 Å². The zero-order chi connectivity index (χ0) is 16.4. The monoisotopic (exact) mass is 306 g/mol. The van der Waals surface area contributed by atoms with Gasteiger partial charge in [-0.3, -0.25) is 4.79 Å². The third-order valence-corrected chi connectivity index (χ3v) is 3.46. The Hall–Kier alpha value is -2.95. The average molecular weight is 306 g/mol. The van der Waals surface area contributed by atoms with E-state index in [1.807, 2.05) is 56.3 Å². The first-order chi connectivity index (χ1) is 11.0. The minimum absolute atomic E-state index is 0.255. The molecule has 0 spiro atoms. The lowest BCUT2D eigenvalue weighted by Crippen LogP contribution is -2.14. The number of rotatable bonds is 3. The summed E-state index contributed by atoms with van der Waals surface area (Å²) in [4.78, 5) is 14.0. The van der Waals surface area contributed by atoms with Crippen molar-refractivity contribution < 1.29 is 4.79 Å². The highest BCUT2D eigenvalue weighted by Crippen LogP contribution is 2.15. The van der Waals surface area contributed by atoms with Crippen molar-refractivity contribution in [2.24, 2.45) is 0 Å². The summed E-state index contributed by atoms with van der Waals surface area (Å²) in [5.41, 5.74) is 4.71. The van der Waals surface area contributed by atoms with Crippen LogP contribution in [0, 0.1) is 20.8 Å². The third-order valence-electron chi connectivity index (χ3n) is 3.46. The Balaban J connectivity index is 1.87. The molecule has 5 nitrogen and oxygen atoms in total. The molecular weight excluding hydrogens is 288 g/mol. The molecule has 1 heterocycles. The minimum atomic E-state index is -0.255. The Labute approximate surface area is 135 Å². The lowest BCUT2D eigenvalue weighted by Gasteiger charge is -2.06. The molecule has 23 heavy (non-hydrogen) atoms. The van der Waals surface area contributed by atoms with Crippen LogP contribution in [-0.2, 0) is 0 Å². The van der Waals surface area contributed by atoms with Gasteiger partial charge in [-0.25, -0.2) is 0 Å².